The molecule has 0 amide bonds. The van der Waals surface area contributed by atoms with E-state index < -0.39 is 23.1 Å². The number of ketones is 1. The van der Waals surface area contributed by atoms with Gasteiger partial charge < -0.3 is 5.73 Å². The number of carbonyl (C=O) groups excluding carboxylic acids is 1. The maximum Gasteiger partial charge on any atom is 0.416 e. The zero-order valence-electron chi connectivity index (χ0n) is 25.2. The van der Waals surface area contributed by atoms with Crippen LogP contribution in [0.25, 0.3) is 0 Å². The number of alkyl halides is 3. The predicted molar refractivity (Wildman–Crippen MR) is 170 cm³/mol. The predicted octanol–water partition coefficient (Wildman–Crippen LogP) is 9.52. The molecule has 3 aromatic rings. The minimum Gasteiger partial charge on any atom is -0.384 e. The van der Waals surface area contributed by atoms with E-state index >= 15 is 0 Å². The van der Waals surface area contributed by atoms with Crippen LogP contribution in [0.2, 0.25) is 5.02 Å². The summed E-state index contributed by atoms with van der Waals surface area (Å²) in [5.74, 6) is -0.277. The zero-order chi connectivity index (χ0) is 32.1. The van der Waals surface area contributed by atoms with Crippen LogP contribution in [-0.2, 0) is 16.7 Å². The molecule has 1 aliphatic heterocycles. The van der Waals surface area contributed by atoms with E-state index in [1.807, 2.05) is 40.7 Å². The van der Waals surface area contributed by atoms with Gasteiger partial charge in [0.05, 0.1) is 33.8 Å². The van der Waals surface area contributed by atoms with Gasteiger partial charge in [-0.1, -0.05) is 55.3 Å². The minimum atomic E-state index is -4.63. The Balaban J connectivity index is 1.69. The average Bonchev–Trinajstić information content (AvgIpc) is 2.92. The van der Waals surface area contributed by atoms with Gasteiger partial charge in [0.1, 0.15) is 5.82 Å². The van der Waals surface area contributed by atoms with E-state index in [2.05, 4.69) is 36.4 Å². The zero-order valence-corrected chi connectivity index (χ0v) is 26.8. The topological polar surface area (TPSA) is 70.1 Å². The lowest BCUT2D eigenvalue weighted by molar-refractivity contribution is -0.137. The number of hydrogen-bond acceptors (Lipinski definition) is 5. The highest BCUT2D eigenvalue weighted by Crippen LogP contribution is 2.52. The standard InChI is InChI=1S/C35H33ClF3N3OS/c1-19-6-9-24(10-7-19)44-18-22-13-25(21(3)12-20(22)2)31-26(17-40)33(41)42(29-15-34(4,5)16-30(43)32(29)31)28-14-23(35(37,38)39)8-11-27(28)36/h6-14,31H,15-16,18,41H2,1-5H3. The average molecular weight is 636 g/mol. The highest BCUT2D eigenvalue weighted by Gasteiger charge is 2.46. The Morgan fingerprint density at radius 3 is 2.36 bits per heavy atom. The molecule has 0 saturated carbocycles. The Bertz CT molecular complexity index is 1770. The van der Waals surface area contributed by atoms with Crippen molar-refractivity contribution in [3.8, 4) is 6.07 Å². The van der Waals surface area contributed by atoms with Crippen LogP contribution in [0.5, 0.6) is 0 Å². The fourth-order valence-corrected chi connectivity index (χ4v) is 7.30. The fraction of sp³-hybridized carbons (Fsp3) is 0.314. The Morgan fingerprint density at radius 2 is 1.73 bits per heavy atom. The van der Waals surface area contributed by atoms with Crippen molar-refractivity contribution < 1.29 is 18.0 Å². The van der Waals surface area contributed by atoms with Gasteiger partial charge in [-0.25, -0.2) is 0 Å². The number of nitriles is 1. The van der Waals surface area contributed by atoms with Crippen molar-refractivity contribution in [3.63, 3.8) is 0 Å². The number of hydrogen-bond donors (Lipinski definition) is 1. The van der Waals surface area contributed by atoms with Crippen LogP contribution < -0.4 is 10.6 Å². The molecule has 228 valence electrons. The van der Waals surface area contributed by atoms with Crippen molar-refractivity contribution in [2.75, 3.05) is 4.90 Å². The smallest absolute Gasteiger partial charge is 0.384 e. The van der Waals surface area contributed by atoms with Crippen molar-refractivity contribution in [2.24, 2.45) is 11.1 Å². The Kier molecular flexibility index (Phi) is 8.43. The van der Waals surface area contributed by atoms with Crippen LogP contribution in [0, 0.1) is 37.5 Å². The summed E-state index contributed by atoms with van der Waals surface area (Å²) < 4.78 is 41.4. The number of Topliss-reactive ketones (excluding diaryl/α,β-unsaturated/α-hetero) is 1. The van der Waals surface area contributed by atoms with Crippen molar-refractivity contribution in [1.82, 2.24) is 0 Å². The van der Waals surface area contributed by atoms with E-state index in [0.29, 0.717) is 23.4 Å². The number of halogens is 4. The molecule has 1 aliphatic carbocycles. The maximum atomic E-state index is 14.0. The molecule has 44 heavy (non-hydrogen) atoms. The lowest BCUT2D eigenvalue weighted by atomic mass is 9.68. The van der Waals surface area contributed by atoms with Crippen molar-refractivity contribution in [3.05, 3.63) is 116 Å². The molecule has 0 bridgehead atoms. The van der Waals surface area contributed by atoms with Crippen LogP contribution in [0.3, 0.4) is 0 Å². The van der Waals surface area contributed by atoms with Crippen LogP contribution in [0.4, 0.5) is 18.9 Å². The number of aryl methyl sites for hydroxylation is 3. The molecule has 0 radical (unpaired) electrons. The SMILES string of the molecule is Cc1ccc(SCc2cc(C3C(C#N)=C(N)N(c4cc(C(F)(F)F)ccc4Cl)C4=C3C(=O)CC(C)(C)C4)c(C)cc2C)cc1. The highest BCUT2D eigenvalue weighted by atomic mass is 35.5. The molecule has 2 aliphatic rings. The normalized spacial score (nSPS) is 18.4. The van der Waals surface area contributed by atoms with Crippen molar-refractivity contribution >= 4 is 34.8 Å². The molecule has 4 nitrogen and oxygen atoms in total. The van der Waals surface area contributed by atoms with E-state index in [1.54, 1.807) is 11.8 Å². The van der Waals surface area contributed by atoms with Gasteiger partial charge in [-0.2, -0.15) is 18.4 Å². The number of carbonyl (C=O) groups is 1. The second-order valence-electron chi connectivity index (χ2n) is 12.4. The molecular weight excluding hydrogens is 603 g/mol. The largest absolute Gasteiger partial charge is 0.416 e. The van der Waals surface area contributed by atoms with Crippen molar-refractivity contribution in [2.45, 2.75) is 70.2 Å². The molecule has 0 saturated heterocycles. The van der Waals surface area contributed by atoms with Crippen molar-refractivity contribution in [1.29, 1.82) is 5.26 Å². The minimum absolute atomic E-state index is 0.0148. The van der Waals surface area contributed by atoms with Gasteiger partial charge >= 0.3 is 6.18 Å². The van der Waals surface area contributed by atoms with E-state index in [9.17, 15) is 23.2 Å². The molecule has 5 rings (SSSR count). The van der Waals surface area contributed by atoms with Gasteiger partial charge in [0.25, 0.3) is 0 Å². The summed E-state index contributed by atoms with van der Waals surface area (Å²) in [4.78, 5) is 16.5. The third-order valence-electron chi connectivity index (χ3n) is 8.35. The van der Waals surface area contributed by atoms with Gasteiger partial charge in [0, 0.05) is 28.3 Å². The maximum absolute atomic E-state index is 14.0. The fourth-order valence-electron chi connectivity index (χ4n) is 6.13. The van der Waals surface area contributed by atoms with Gasteiger partial charge in [-0.15, -0.1) is 11.8 Å². The molecule has 0 fully saturated rings. The monoisotopic (exact) mass is 635 g/mol. The Hall–Kier alpha value is -3.67. The molecule has 0 aromatic heterocycles. The second-order valence-corrected chi connectivity index (χ2v) is 13.8. The quantitative estimate of drug-likeness (QED) is 0.283. The van der Waals surface area contributed by atoms with E-state index in [4.69, 9.17) is 17.3 Å². The van der Waals surface area contributed by atoms with E-state index in [-0.39, 0.29) is 34.3 Å². The number of anilines is 1. The number of nitrogens with two attached hydrogens (primary N) is 1. The number of allylic oxidation sites excluding steroid dienone is 3. The first kappa shape index (κ1) is 31.7. The van der Waals surface area contributed by atoms with Gasteiger partial charge in [-0.3, -0.25) is 9.69 Å². The number of benzene rings is 3. The van der Waals surface area contributed by atoms with E-state index in [1.165, 1.54) is 16.5 Å². The summed E-state index contributed by atoms with van der Waals surface area (Å²) in [6.07, 6.45) is -4.04. The van der Waals surface area contributed by atoms with Gasteiger partial charge in [0.15, 0.2) is 5.78 Å². The molecule has 3 aromatic carbocycles. The Labute approximate surface area is 265 Å². The lowest BCUT2D eigenvalue weighted by Gasteiger charge is -2.44. The lowest BCUT2D eigenvalue weighted by Crippen LogP contribution is -2.42. The summed E-state index contributed by atoms with van der Waals surface area (Å²) in [5, 5.41) is 10.5. The number of nitrogens with zero attached hydrogens (tertiary/aromatic N) is 2. The number of rotatable bonds is 5. The third kappa shape index (κ3) is 6.00. The first-order valence-corrected chi connectivity index (χ1v) is 15.6. The summed E-state index contributed by atoms with van der Waals surface area (Å²) in [6, 6.07) is 17.6. The molecule has 1 heterocycles. The Morgan fingerprint density at radius 1 is 1.05 bits per heavy atom. The summed E-state index contributed by atoms with van der Waals surface area (Å²) >= 11 is 8.20. The second kappa shape index (κ2) is 11.7. The first-order valence-electron chi connectivity index (χ1n) is 14.2. The number of thioether (sulfide) groups is 1. The summed E-state index contributed by atoms with van der Waals surface area (Å²) in [5.41, 5.74) is 11.3. The van der Waals surface area contributed by atoms with Gasteiger partial charge in [-0.05, 0) is 85.2 Å². The molecule has 9 heteroatoms. The molecule has 0 spiro atoms. The van der Waals surface area contributed by atoms with Crippen LogP contribution in [0.15, 0.2) is 82.2 Å². The third-order valence-corrected chi connectivity index (χ3v) is 9.73. The van der Waals surface area contributed by atoms with E-state index in [0.717, 1.165) is 39.3 Å². The summed E-state index contributed by atoms with van der Waals surface area (Å²) in [7, 11) is 0. The van der Waals surface area contributed by atoms with Crippen LogP contribution in [-0.4, -0.2) is 5.78 Å². The summed E-state index contributed by atoms with van der Waals surface area (Å²) in [6.45, 7) is 9.89. The molecule has 1 unspecified atom stereocenters. The highest BCUT2D eigenvalue weighted by molar-refractivity contribution is 7.98. The molecule has 2 N–H and O–H groups in total. The van der Waals surface area contributed by atoms with Crippen LogP contribution in [0.1, 0.15) is 66.0 Å². The molecular formula is C35H33ClF3N3OS. The van der Waals surface area contributed by atoms with Crippen LogP contribution >= 0.6 is 23.4 Å². The molecule has 1 atom stereocenters. The van der Waals surface area contributed by atoms with Gasteiger partial charge in [0.2, 0.25) is 0 Å². The first-order chi connectivity index (χ1) is 20.6.